The molecule has 4 fully saturated rings. The van der Waals surface area contributed by atoms with Gasteiger partial charge in [-0.1, -0.05) is 12.1 Å². The van der Waals surface area contributed by atoms with E-state index in [2.05, 4.69) is 0 Å². The predicted molar refractivity (Wildman–Crippen MR) is 127 cm³/mol. The van der Waals surface area contributed by atoms with Crippen LogP contribution in [0.25, 0.3) is 0 Å². The van der Waals surface area contributed by atoms with Crippen molar-refractivity contribution in [1.82, 2.24) is 9.80 Å². The lowest BCUT2D eigenvalue weighted by molar-refractivity contribution is -0.137. The first-order valence-corrected chi connectivity index (χ1v) is 12.8. The monoisotopic (exact) mass is 532 g/mol. The van der Waals surface area contributed by atoms with Gasteiger partial charge in [-0.2, -0.15) is 0 Å². The number of hydrogen-bond donors (Lipinski definition) is 1. The summed E-state index contributed by atoms with van der Waals surface area (Å²) in [6, 6.07) is 6.41. The summed E-state index contributed by atoms with van der Waals surface area (Å²) in [6.45, 7) is 0. The van der Waals surface area contributed by atoms with Crippen molar-refractivity contribution in [1.29, 1.82) is 0 Å². The Kier molecular flexibility index (Phi) is 7.26. The molecule has 0 saturated carbocycles. The van der Waals surface area contributed by atoms with Crippen molar-refractivity contribution in [2.75, 3.05) is 0 Å². The molecule has 38 heavy (non-hydrogen) atoms. The normalized spacial score (nSPS) is 28.7. The van der Waals surface area contributed by atoms with Crippen molar-refractivity contribution in [2.45, 2.75) is 81.6 Å². The standard InChI is InChI=1S/C14H15F2NO2.C14H13F2NO2/c2*15-11-3-1-8(5-12(11)16)13-7-10(18)6-9-2-4-14(19)17(9)13/h1,3,5,9-10,13,18H,2,4,6-7H2;1,3,5,9,13H,2,4,6-7H2. The number of Topliss-reactive ketones (excluding diaryl/α,β-unsaturated/α-hetero) is 1. The van der Waals surface area contributed by atoms with Crippen molar-refractivity contribution in [3.8, 4) is 0 Å². The highest BCUT2D eigenvalue weighted by molar-refractivity contribution is 5.87. The molecule has 1 N–H and O–H groups in total. The number of amides is 2. The summed E-state index contributed by atoms with van der Waals surface area (Å²) < 4.78 is 52.6. The SMILES string of the molecule is O=C1CC2CCC(=O)N2C(c2ccc(F)c(F)c2)C1.O=C1CCC2CC(O)CC(c3ccc(F)c(F)c3)N12. The third-order valence-corrected chi connectivity index (χ3v) is 8.00. The fraction of sp³-hybridized carbons (Fsp3) is 0.464. The Bertz CT molecular complexity index is 1270. The van der Waals surface area contributed by atoms with Crippen LogP contribution in [0.5, 0.6) is 0 Å². The lowest BCUT2D eigenvalue weighted by Gasteiger charge is -2.40. The first-order valence-electron chi connectivity index (χ1n) is 12.8. The summed E-state index contributed by atoms with van der Waals surface area (Å²) >= 11 is 0. The van der Waals surface area contributed by atoms with E-state index in [-0.39, 0.29) is 42.1 Å². The second kappa shape index (κ2) is 10.5. The minimum absolute atomic E-state index is 0.00719. The van der Waals surface area contributed by atoms with E-state index in [1.165, 1.54) is 12.1 Å². The van der Waals surface area contributed by atoms with E-state index in [9.17, 15) is 37.1 Å². The largest absolute Gasteiger partial charge is 0.393 e. The van der Waals surface area contributed by atoms with Gasteiger partial charge in [-0.25, -0.2) is 17.6 Å². The minimum atomic E-state index is -0.946. The van der Waals surface area contributed by atoms with Crippen LogP contribution in [-0.2, 0) is 14.4 Å². The van der Waals surface area contributed by atoms with Gasteiger partial charge in [-0.05, 0) is 61.1 Å². The first kappa shape index (κ1) is 26.3. The molecule has 5 atom stereocenters. The van der Waals surface area contributed by atoms with Crippen LogP contribution in [0.1, 0.15) is 74.6 Å². The molecule has 6 rings (SSSR count). The smallest absolute Gasteiger partial charge is 0.223 e. The van der Waals surface area contributed by atoms with Gasteiger partial charge in [0.1, 0.15) is 5.78 Å². The van der Waals surface area contributed by atoms with Crippen LogP contribution in [0, 0.1) is 23.3 Å². The Morgan fingerprint density at radius 1 is 0.658 bits per heavy atom. The van der Waals surface area contributed by atoms with Crippen molar-refractivity contribution < 1.29 is 37.1 Å². The van der Waals surface area contributed by atoms with Crippen molar-refractivity contribution in [3.63, 3.8) is 0 Å². The average Bonchev–Trinajstić information content (AvgIpc) is 3.44. The number of carbonyl (C=O) groups is 3. The van der Waals surface area contributed by atoms with Crippen LogP contribution in [0.2, 0.25) is 0 Å². The van der Waals surface area contributed by atoms with Crippen LogP contribution in [0.15, 0.2) is 36.4 Å². The molecule has 0 bridgehead atoms. The number of nitrogens with zero attached hydrogens (tertiary/aromatic N) is 2. The van der Waals surface area contributed by atoms with Gasteiger partial charge >= 0.3 is 0 Å². The van der Waals surface area contributed by atoms with Gasteiger partial charge in [0, 0.05) is 37.8 Å². The molecular weight excluding hydrogens is 504 g/mol. The molecule has 0 aromatic heterocycles. The third kappa shape index (κ3) is 5.06. The fourth-order valence-electron chi connectivity index (χ4n) is 6.27. The molecule has 5 unspecified atom stereocenters. The molecule has 10 heteroatoms. The lowest BCUT2D eigenvalue weighted by atomic mass is 9.90. The maximum atomic E-state index is 13.3. The molecule has 202 valence electrons. The van der Waals surface area contributed by atoms with Crippen LogP contribution in [0.3, 0.4) is 0 Å². The van der Waals surface area contributed by atoms with Gasteiger partial charge in [-0.3, -0.25) is 14.4 Å². The summed E-state index contributed by atoms with van der Waals surface area (Å²) in [5.41, 5.74) is 1.05. The van der Waals surface area contributed by atoms with Gasteiger partial charge in [0.25, 0.3) is 0 Å². The maximum absolute atomic E-state index is 13.3. The highest BCUT2D eigenvalue weighted by Gasteiger charge is 2.43. The zero-order chi connectivity index (χ0) is 27.1. The van der Waals surface area contributed by atoms with Gasteiger partial charge in [0.05, 0.1) is 18.2 Å². The molecule has 2 amide bonds. The van der Waals surface area contributed by atoms with Crippen LogP contribution in [0.4, 0.5) is 17.6 Å². The first-order chi connectivity index (χ1) is 18.1. The predicted octanol–water partition coefficient (Wildman–Crippen LogP) is 4.51. The summed E-state index contributed by atoms with van der Waals surface area (Å²) in [4.78, 5) is 39.0. The summed E-state index contributed by atoms with van der Waals surface area (Å²) in [5, 5.41) is 9.89. The number of piperidine rings is 2. The summed E-state index contributed by atoms with van der Waals surface area (Å²) in [5.74, 6) is -3.58. The molecule has 4 aliphatic heterocycles. The number of hydrogen-bond acceptors (Lipinski definition) is 4. The molecule has 4 saturated heterocycles. The van der Waals surface area contributed by atoms with Gasteiger partial charge in [0.2, 0.25) is 11.8 Å². The van der Waals surface area contributed by atoms with Crippen LogP contribution >= 0.6 is 0 Å². The molecule has 6 nitrogen and oxygen atoms in total. The Morgan fingerprint density at radius 2 is 1.18 bits per heavy atom. The van der Waals surface area contributed by atoms with Gasteiger partial charge < -0.3 is 14.9 Å². The minimum Gasteiger partial charge on any atom is -0.393 e. The van der Waals surface area contributed by atoms with Crippen molar-refractivity contribution in [3.05, 3.63) is 70.8 Å². The van der Waals surface area contributed by atoms with Crippen molar-refractivity contribution in [2.24, 2.45) is 0 Å². The molecular formula is C28H28F4N2O4. The molecule has 2 aromatic carbocycles. The summed E-state index contributed by atoms with van der Waals surface area (Å²) in [7, 11) is 0. The van der Waals surface area contributed by atoms with Crippen LogP contribution in [-0.4, -0.2) is 50.7 Å². The second-order valence-electron chi connectivity index (χ2n) is 10.4. The lowest BCUT2D eigenvalue weighted by Crippen LogP contribution is -2.44. The van der Waals surface area contributed by atoms with Crippen molar-refractivity contribution >= 4 is 17.6 Å². The summed E-state index contributed by atoms with van der Waals surface area (Å²) in [6.07, 6.45) is 3.33. The molecule has 0 spiro atoms. The number of aliphatic hydroxyl groups excluding tert-OH is 1. The molecule has 2 aromatic rings. The Labute approximate surface area is 217 Å². The zero-order valence-electron chi connectivity index (χ0n) is 20.6. The average molecular weight is 533 g/mol. The second-order valence-corrected chi connectivity index (χ2v) is 10.4. The highest BCUT2D eigenvalue weighted by atomic mass is 19.2. The number of fused-ring (bicyclic) bond motifs is 2. The quantitative estimate of drug-likeness (QED) is 0.578. The molecule has 4 heterocycles. The van der Waals surface area contributed by atoms with Gasteiger partial charge in [-0.15, -0.1) is 0 Å². The Balaban J connectivity index is 0.000000155. The molecule has 4 aliphatic rings. The Hall–Kier alpha value is -3.27. The highest BCUT2D eigenvalue weighted by Crippen LogP contribution is 2.41. The Morgan fingerprint density at radius 3 is 1.76 bits per heavy atom. The molecule has 0 radical (unpaired) electrons. The number of benzene rings is 2. The maximum Gasteiger partial charge on any atom is 0.223 e. The topological polar surface area (TPSA) is 77.9 Å². The number of rotatable bonds is 2. The van der Waals surface area contributed by atoms with E-state index in [0.29, 0.717) is 49.7 Å². The van der Waals surface area contributed by atoms with E-state index in [1.54, 1.807) is 9.80 Å². The third-order valence-electron chi connectivity index (χ3n) is 8.00. The number of halogens is 4. The van der Waals surface area contributed by atoms with E-state index in [0.717, 1.165) is 30.7 Å². The van der Waals surface area contributed by atoms with E-state index >= 15 is 0 Å². The molecule has 0 aliphatic carbocycles. The van der Waals surface area contributed by atoms with E-state index < -0.39 is 35.4 Å². The van der Waals surface area contributed by atoms with E-state index in [4.69, 9.17) is 0 Å². The number of aliphatic hydroxyl groups is 1. The zero-order valence-corrected chi connectivity index (χ0v) is 20.6. The fourth-order valence-corrected chi connectivity index (χ4v) is 6.27. The number of carbonyl (C=O) groups excluding carboxylic acids is 3. The van der Waals surface area contributed by atoms with E-state index in [1.807, 2.05) is 0 Å². The van der Waals surface area contributed by atoms with Gasteiger partial charge in [0.15, 0.2) is 23.3 Å². The van der Waals surface area contributed by atoms with Crippen LogP contribution < -0.4 is 0 Å². The number of ketones is 1.